The number of pyridine rings is 1. The second-order valence-corrected chi connectivity index (χ2v) is 7.69. The number of carbonyl (C=O) groups excluding carboxylic acids is 2. The van der Waals surface area contributed by atoms with E-state index in [0.29, 0.717) is 6.07 Å². The van der Waals surface area contributed by atoms with Crippen LogP contribution in [0, 0.1) is 11.6 Å². The summed E-state index contributed by atoms with van der Waals surface area (Å²) in [6.45, 7) is 3.76. The topological polar surface area (TPSA) is 113 Å². The van der Waals surface area contributed by atoms with Gasteiger partial charge >= 0.3 is 0 Å². The van der Waals surface area contributed by atoms with Crippen molar-refractivity contribution in [1.29, 1.82) is 0 Å². The highest BCUT2D eigenvalue weighted by molar-refractivity contribution is 6.01. The fourth-order valence-electron chi connectivity index (χ4n) is 4.21. The lowest BCUT2D eigenvalue weighted by molar-refractivity contribution is 0.0464. The van der Waals surface area contributed by atoms with Crippen LogP contribution in [0.5, 0.6) is 5.75 Å². The number of benzene rings is 1. The Kier molecular flexibility index (Phi) is 7.76. The van der Waals surface area contributed by atoms with Gasteiger partial charge in [-0.1, -0.05) is 19.9 Å². The van der Waals surface area contributed by atoms with Gasteiger partial charge in [0.05, 0.1) is 26.0 Å². The Bertz CT molecular complexity index is 1200. The molecular formula is C23H28F2N4O6. The number of halogens is 2. The Morgan fingerprint density at radius 2 is 1.91 bits per heavy atom. The summed E-state index contributed by atoms with van der Waals surface area (Å²) < 4.78 is 38.8. The van der Waals surface area contributed by atoms with Crippen molar-refractivity contribution in [2.24, 2.45) is 0 Å². The first-order valence-corrected chi connectivity index (χ1v) is 11.0. The largest absolute Gasteiger partial charge is 0.491 e. The minimum Gasteiger partial charge on any atom is -0.491 e. The molecule has 2 aliphatic heterocycles. The van der Waals surface area contributed by atoms with Crippen LogP contribution in [0.1, 0.15) is 52.1 Å². The molecule has 10 nitrogen and oxygen atoms in total. The first-order valence-electron chi connectivity index (χ1n) is 11.0. The van der Waals surface area contributed by atoms with Gasteiger partial charge in [0.25, 0.3) is 11.8 Å². The molecule has 2 aromatic rings. The van der Waals surface area contributed by atoms with Gasteiger partial charge in [0.15, 0.2) is 11.4 Å². The number of methoxy groups -OCH3 is 2. The predicted molar refractivity (Wildman–Crippen MR) is 122 cm³/mol. The Morgan fingerprint density at radius 1 is 1.23 bits per heavy atom. The summed E-state index contributed by atoms with van der Waals surface area (Å²) in [7, 11) is 4.18. The van der Waals surface area contributed by atoms with Gasteiger partial charge in [-0.3, -0.25) is 19.4 Å². The third kappa shape index (κ3) is 4.34. The minimum atomic E-state index is -1.27. The van der Waals surface area contributed by atoms with Gasteiger partial charge in [-0.05, 0) is 6.07 Å². The summed E-state index contributed by atoms with van der Waals surface area (Å²) in [5.41, 5.74) is -1.50. The highest BCUT2D eigenvalue weighted by atomic mass is 19.1. The summed E-state index contributed by atoms with van der Waals surface area (Å²) in [4.78, 5) is 40.7. The predicted octanol–water partition coefficient (Wildman–Crippen LogP) is 1.13. The van der Waals surface area contributed by atoms with Gasteiger partial charge in [0.1, 0.15) is 29.5 Å². The second kappa shape index (κ2) is 10.4. The van der Waals surface area contributed by atoms with E-state index in [4.69, 9.17) is 9.47 Å². The third-order valence-electron chi connectivity index (χ3n) is 5.79. The van der Waals surface area contributed by atoms with Crippen LogP contribution in [0.15, 0.2) is 23.0 Å². The maximum Gasteiger partial charge on any atom is 0.277 e. The monoisotopic (exact) mass is 494 g/mol. The van der Waals surface area contributed by atoms with Crippen molar-refractivity contribution >= 4 is 11.8 Å². The van der Waals surface area contributed by atoms with Crippen molar-refractivity contribution in [3.05, 3.63) is 62.6 Å². The number of aromatic nitrogens is 1. The zero-order chi connectivity index (χ0) is 26.0. The van der Waals surface area contributed by atoms with Gasteiger partial charge in [0, 0.05) is 32.3 Å². The van der Waals surface area contributed by atoms with Crippen LogP contribution in [0.2, 0.25) is 0 Å². The first kappa shape index (κ1) is 26.1. The summed E-state index contributed by atoms with van der Waals surface area (Å²) in [5, 5.41) is 14.8. The second-order valence-electron chi connectivity index (χ2n) is 7.69. The number of nitrogens with one attached hydrogen (secondary N) is 1. The molecular weight excluding hydrogens is 466 g/mol. The minimum absolute atomic E-state index is 0.00494. The summed E-state index contributed by atoms with van der Waals surface area (Å²) in [6.07, 6.45) is -1.88. The zero-order valence-electron chi connectivity index (χ0n) is 20.1. The van der Waals surface area contributed by atoms with Crippen LogP contribution in [0.4, 0.5) is 8.78 Å². The first-order chi connectivity index (χ1) is 16.7. The molecule has 0 radical (unpaired) electrons. The quantitative estimate of drug-likeness (QED) is 0.619. The SMILES string of the molecule is CC.COCC1N(C)C(=O)c2c(OC)c(=O)c(C(=O)NCc3ccc(F)cc3F)c3n2N1CC3O. The van der Waals surface area contributed by atoms with Crippen LogP contribution in [-0.2, 0) is 11.3 Å². The van der Waals surface area contributed by atoms with Crippen molar-refractivity contribution in [2.45, 2.75) is 32.7 Å². The standard InChI is InChI=1S/C21H22F2N4O6.C2H6/c1-25-14(9-32-2)26-8-13(28)16-15(18(29)19(33-3)17(21(25)31)27(16)26)20(30)24-7-10-4-5-11(22)6-12(10)23;1-2/h4-6,13-14,28H,7-9H2,1-3H3,(H,24,30);1-2H3. The lowest BCUT2D eigenvalue weighted by atomic mass is 10.1. The van der Waals surface area contributed by atoms with E-state index in [0.717, 1.165) is 6.07 Å². The van der Waals surface area contributed by atoms with E-state index >= 15 is 0 Å². The molecule has 2 N–H and O–H groups in total. The van der Waals surface area contributed by atoms with Gasteiger partial charge in [-0.15, -0.1) is 0 Å². The van der Waals surface area contributed by atoms with Crippen LogP contribution in [-0.4, -0.2) is 67.1 Å². The van der Waals surface area contributed by atoms with E-state index in [9.17, 15) is 28.3 Å². The number of nitrogens with zero attached hydrogens (tertiary/aromatic N) is 3. The van der Waals surface area contributed by atoms with Crippen molar-refractivity contribution in [3.63, 3.8) is 0 Å². The van der Waals surface area contributed by atoms with E-state index in [1.165, 1.54) is 36.9 Å². The van der Waals surface area contributed by atoms with Gasteiger partial charge < -0.3 is 24.8 Å². The van der Waals surface area contributed by atoms with Crippen LogP contribution in [0.3, 0.4) is 0 Å². The smallest absolute Gasteiger partial charge is 0.277 e. The fraction of sp³-hybridized carbons (Fsp3) is 0.435. The van der Waals surface area contributed by atoms with Crippen molar-refractivity contribution in [1.82, 2.24) is 14.9 Å². The number of ether oxygens (including phenoxy) is 2. The van der Waals surface area contributed by atoms with Crippen LogP contribution < -0.4 is 20.5 Å². The zero-order valence-corrected chi connectivity index (χ0v) is 20.1. The van der Waals surface area contributed by atoms with Gasteiger partial charge in [-0.2, -0.15) is 0 Å². The molecule has 0 bridgehead atoms. The third-order valence-corrected chi connectivity index (χ3v) is 5.79. The molecule has 0 saturated carbocycles. The molecule has 35 heavy (non-hydrogen) atoms. The number of aliphatic hydroxyl groups is 1. The summed E-state index contributed by atoms with van der Waals surface area (Å²) in [5.74, 6) is -3.43. The average molecular weight is 494 g/mol. The Balaban J connectivity index is 0.00000167. The molecule has 4 rings (SSSR count). The number of hydrogen-bond donors (Lipinski definition) is 2. The lowest BCUT2D eigenvalue weighted by Gasteiger charge is -2.42. The Labute approximate surface area is 200 Å². The number of amides is 2. The molecule has 0 aliphatic carbocycles. The average Bonchev–Trinajstić information content (AvgIpc) is 3.17. The normalized spacial score (nSPS) is 18.1. The number of hydrogen-bond acceptors (Lipinski definition) is 7. The number of likely N-dealkylation sites (N-methyl/N-ethyl adjacent to an activating group) is 1. The van der Waals surface area contributed by atoms with Gasteiger partial charge in [-0.25, -0.2) is 13.5 Å². The lowest BCUT2D eigenvalue weighted by Crippen LogP contribution is -2.60. The summed E-state index contributed by atoms with van der Waals surface area (Å²) in [6, 6.07) is 2.89. The molecule has 2 atom stereocenters. The van der Waals surface area contributed by atoms with E-state index in [1.54, 1.807) is 5.01 Å². The van der Waals surface area contributed by atoms with E-state index in [1.807, 2.05) is 13.8 Å². The van der Waals surface area contributed by atoms with Crippen molar-refractivity contribution < 1.29 is 33.0 Å². The van der Waals surface area contributed by atoms with E-state index in [-0.39, 0.29) is 42.4 Å². The molecule has 190 valence electrons. The molecule has 0 saturated heterocycles. The van der Waals surface area contributed by atoms with Crippen molar-refractivity contribution in [2.75, 3.05) is 39.4 Å². The molecule has 1 aromatic carbocycles. The number of aliphatic hydroxyl groups excluding tert-OH is 1. The van der Waals surface area contributed by atoms with Crippen LogP contribution in [0.25, 0.3) is 0 Å². The van der Waals surface area contributed by atoms with Crippen LogP contribution >= 0.6 is 0 Å². The van der Waals surface area contributed by atoms with Gasteiger partial charge in [0.2, 0.25) is 5.43 Å². The maximum atomic E-state index is 14.0. The van der Waals surface area contributed by atoms with E-state index in [2.05, 4.69) is 5.32 Å². The Hall–Kier alpha value is -3.51. The molecule has 2 amide bonds. The maximum absolute atomic E-state index is 14.0. The fourth-order valence-corrected chi connectivity index (χ4v) is 4.21. The Morgan fingerprint density at radius 3 is 2.51 bits per heavy atom. The molecule has 3 heterocycles. The molecule has 0 fully saturated rings. The molecule has 0 spiro atoms. The highest BCUT2D eigenvalue weighted by Gasteiger charge is 2.47. The molecule has 12 heteroatoms. The summed E-state index contributed by atoms with van der Waals surface area (Å²) >= 11 is 0. The highest BCUT2D eigenvalue weighted by Crippen LogP contribution is 2.35. The molecule has 2 aliphatic rings. The molecule has 2 unspecified atom stereocenters. The molecule has 1 aromatic heterocycles. The van der Waals surface area contributed by atoms with Crippen molar-refractivity contribution in [3.8, 4) is 5.75 Å². The van der Waals surface area contributed by atoms with E-state index < -0.39 is 46.7 Å². The number of carbonyl (C=O) groups is 2. The number of rotatable bonds is 6.